The van der Waals surface area contributed by atoms with E-state index < -0.39 is 0 Å². The highest BCUT2D eigenvalue weighted by Gasteiger charge is 2.29. The van der Waals surface area contributed by atoms with Crippen molar-refractivity contribution in [3.63, 3.8) is 0 Å². The monoisotopic (exact) mass is 308 g/mol. The summed E-state index contributed by atoms with van der Waals surface area (Å²) in [7, 11) is 0. The second-order valence-corrected chi connectivity index (χ2v) is 6.71. The molecule has 0 radical (unpaired) electrons. The van der Waals surface area contributed by atoms with Gasteiger partial charge in [0.1, 0.15) is 5.78 Å². The van der Waals surface area contributed by atoms with Gasteiger partial charge in [-0.25, -0.2) is 0 Å². The van der Waals surface area contributed by atoms with Crippen LogP contribution < -0.4 is 0 Å². The number of piperidine rings is 1. The maximum Gasteiger partial charge on any atom is 0.138 e. The lowest BCUT2D eigenvalue weighted by Gasteiger charge is -2.35. The van der Waals surface area contributed by atoms with Gasteiger partial charge < -0.3 is 0 Å². The fourth-order valence-electron chi connectivity index (χ4n) is 3.27. The van der Waals surface area contributed by atoms with Crippen molar-refractivity contribution in [1.29, 1.82) is 0 Å². The first-order chi connectivity index (χ1) is 11.0. The summed E-state index contributed by atoms with van der Waals surface area (Å²) in [5.41, 5.74) is 4.73. The number of rotatable bonds is 3. The Balaban J connectivity index is 1.83. The number of carbonyl (C=O) groups excluding carboxylic acids is 1. The summed E-state index contributed by atoms with van der Waals surface area (Å²) in [4.78, 5) is 18.8. The molecule has 1 saturated heterocycles. The summed E-state index contributed by atoms with van der Waals surface area (Å²) in [6, 6.07) is 12.9. The third-order valence-corrected chi connectivity index (χ3v) is 4.79. The Morgan fingerprint density at radius 1 is 1.22 bits per heavy atom. The molecule has 3 rings (SSSR count). The smallest absolute Gasteiger partial charge is 0.138 e. The number of nitrogens with zero attached hydrogens (tertiary/aromatic N) is 2. The maximum absolute atomic E-state index is 11.8. The van der Waals surface area contributed by atoms with E-state index in [1.54, 1.807) is 0 Å². The SMILES string of the molecule is Cc1cnc(CN2CC(C)C(=O)CC2C)cc1-c1ccccc1. The van der Waals surface area contributed by atoms with Crippen molar-refractivity contribution in [1.82, 2.24) is 9.88 Å². The number of benzene rings is 1. The molecule has 2 atom stereocenters. The minimum absolute atomic E-state index is 0.130. The minimum Gasteiger partial charge on any atom is -0.299 e. The molecule has 2 aromatic rings. The van der Waals surface area contributed by atoms with Crippen LogP contribution >= 0.6 is 0 Å². The number of likely N-dealkylation sites (tertiary alicyclic amines) is 1. The molecule has 3 heteroatoms. The summed E-state index contributed by atoms with van der Waals surface area (Å²) in [6.07, 6.45) is 2.61. The van der Waals surface area contributed by atoms with Crippen LogP contribution in [0.3, 0.4) is 0 Å². The topological polar surface area (TPSA) is 33.2 Å². The lowest BCUT2D eigenvalue weighted by molar-refractivity contribution is -0.127. The van der Waals surface area contributed by atoms with Gasteiger partial charge in [0.05, 0.1) is 5.69 Å². The predicted octanol–water partition coefficient (Wildman–Crippen LogP) is 3.86. The highest BCUT2D eigenvalue weighted by Crippen LogP contribution is 2.25. The van der Waals surface area contributed by atoms with Crippen molar-refractivity contribution in [2.45, 2.75) is 39.8 Å². The second kappa shape index (κ2) is 6.63. The Hall–Kier alpha value is -2.00. The molecule has 1 aromatic carbocycles. The number of aromatic nitrogens is 1. The number of Topliss-reactive ketones (excluding diaryl/α,β-unsaturated/α-hetero) is 1. The number of pyridine rings is 1. The first-order valence-corrected chi connectivity index (χ1v) is 8.32. The number of ketones is 1. The van der Waals surface area contributed by atoms with Crippen LogP contribution in [0.4, 0.5) is 0 Å². The third-order valence-electron chi connectivity index (χ3n) is 4.79. The Kier molecular flexibility index (Phi) is 4.58. The van der Waals surface area contributed by atoms with Gasteiger partial charge in [-0.2, -0.15) is 0 Å². The van der Waals surface area contributed by atoms with Crippen LogP contribution in [0.15, 0.2) is 42.6 Å². The molecule has 0 aliphatic carbocycles. The van der Waals surface area contributed by atoms with E-state index in [-0.39, 0.29) is 5.92 Å². The fourth-order valence-corrected chi connectivity index (χ4v) is 3.27. The maximum atomic E-state index is 11.8. The van der Waals surface area contributed by atoms with Crippen LogP contribution in [0.2, 0.25) is 0 Å². The zero-order valence-corrected chi connectivity index (χ0v) is 14.1. The summed E-state index contributed by atoms with van der Waals surface area (Å²) in [6.45, 7) is 7.90. The molecule has 0 saturated carbocycles. The predicted molar refractivity (Wildman–Crippen MR) is 93.1 cm³/mol. The highest BCUT2D eigenvalue weighted by molar-refractivity contribution is 5.82. The van der Waals surface area contributed by atoms with Crippen LogP contribution in [-0.2, 0) is 11.3 Å². The van der Waals surface area contributed by atoms with Crippen molar-refractivity contribution in [3.05, 3.63) is 53.9 Å². The van der Waals surface area contributed by atoms with Gasteiger partial charge in [0.15, 0.2) is 0 Å². The van der Waals surface area contributed by atoms with Crippen molar-refractivity contribution in [3.8, 4) is 11.1 Å². The van der Waals surface area contributed by atoms with Gasteiger partial charge in [-0.1, -0.05) is 37.3 Å². The zero-order valence-electron chi connectivity index (χ0n) is 14.1. The molecule has 1 aromatic heterocycles. The van der Waals surface area contributed by atoms with Gasteiger partial charge in [0.25, 0.3) is 0 Å². The van der Waals surface area contributed by atoms with Crippen LogP contribution in [0.25, 0.3) is 11.1 Å². The van der Waals surface area contributed by atoms with Crippen LogP contribution in [0.1, 0.15) is 31.5 Å². The Bertz CT molecular complexity index is 696. The van der Waals surface area contributed by atoms with E-state index in [4.69, 9.17) is 0 Å². The molecule has 0 spiro atoms. The van der Waals surface area contributed by atoms with Gasteiger partial charge >= 0.3 is 0 Å². The minimum atomic E-state index is 0.130. The largest absolute Gasteiger partial charge is 0.299 e. The number of carbonyl (C=O) groups is 1. The lowest BCUT2D eigenvalue weighted by Crippen LogP contribution is -2.45. The van der Waals surface area contributed by atoms with E-state index in [2.05, 4.69) is 54.1 Å². The third kappa shape index (κ3) is 3.50. The fraction of sp³-hybridized carbons (Fsp3) is 0.400. The van der Waals surface area contributed by atoms with E-state index in [0.717, 1.165) is 18.8 Å². The van der Waals surface area contributed by atoms with Crippen LogP contribution in [0, 0.1) is 12.8 Å². The molecule has 23 heavy (non-hydrogen) atoms. The second-order valence-electron chi connectivity index (χ2n) is 6.71. The van der Waals surface area contributed by atoms with E-state index >= 15 is 0 Å². The van der Waals surface area contributed by atoms with Crippen LogP contribution in [0.5, 0.6) is 0 Å². The average Bonchev–Trinajstić information content (AvgIpc) is 2.55. The molecule has 1 fully saturated rings. The Morgan fingerprint density at radius 2 is 1.96 bits per heavy atom. The van der Waals surface area contributed by atoms with E-state index in [1.165, 1.54) is 16.7 Å². The van der Waals surface area contributed by atoms with Gasteiger partial charge in [-0.15, -0.1) is 0 Å². The summed E-state index contributed by atoms with van der Waals surface area (Å²) in [5.74, 6) is 0.515. The average molecular weight is 308 g/mol. The Labute approximate surface area is 138 Å². The molecule has 120 valence electrons. The molecular formula is C20H24N2O. The first-order valence-electron chi connectivity index (χ1n) is 8.32. The Morgan fingerprint density at radius 3 is 2.70 bits per heavy atom. The lowest BCUT2D eigenvalue weighted by atomic mass is 9.93. The molecule has 2 unspecified atom stereocenters. The molecule has 1 aliphatic heterocycles. The highest BCUT2D eigenvalue weighted by atomic mass is 16.1. The van der Waals surface area contributed by atoms with Crippen molar-refractivity contribution in [2.24, 2.45) is 5.92 Å². The van der Waals surface area contributed by atoms with Crippen molar-refractivity contribution < 1.29 is 4.79 Å². The number of aryl methyl sites for hydroxylation is 1. The van der Waals surface area contributed by atoms with Crippen molar-refractivity contribution >= 4 is 5.78 Å². The molecule has 0 bridgehead atoms. The summed E-state index contributed by atoms with van der Waals surface area (Å²) in [5, 5.41) is 0. The van der Waals surface area contributed by atoms with Crippen molar-refractivity contribution in [2.75, 3.05) is 6.54 Å². The van der Waals surface area contributed by atoms with E-state index in [0.29, 0.717) is 18.2 Å². The van der Waals surface area contributed by atoms with Gasteiger partial charge in [-0.3, -0.25) is 14.7 Å². The molecular weight excluding hydrogens is 284 g/mol. The molecule has 2 heterocycles. The molecule has 1 aliphatic rings. The summed E-state index contributed by atoms with van der Waals surface area (Å²) < 4.78 is 0. The number of hydrogen-bond acceptors (Lipinski definition) is 3. The molecule has 3 nitrogen and oxygen atoms in total. The first kappa shape index (κ1) is 15.9. The van der Waals surface area contributed by atoms with Crippen LogP contribution in [-0.4, -0.2) is 28.3 Å². The van der Waals surface area contributed by atoms with Gasteiger partial charge in [0.2, 0.25) is 0 Å². The van der Waals surface area contributed by atoms with E-state index in [9.17, 15) is 4.79 Å². The standard InChI is InChI=1S/C20H24N2O/c1-14-11-21-18(10-19(14)17-7-5-4-6-8-17)13-22-12-15(2)20(23)9-16(22)3/h4-8,10-11,15-16H,9,12-13H2,1-3H3. The number of hydrogen-bond donors (Lipinski definition) is 0. The van der Waals surface area contributed by atoms with Gasteiger partial charge in [-0.05, 0) is 36.6 Å². The quantitative estimate of drug-likeness (QED) is 0.863. The summed E-state index contributed by atoms with van der Waals surface area (Å²) >= 11 is 0. The normalized spacial score (nSPS) is 22.3. The molecule has 0 N–H and O–H groups in total. The van der Waals surface area contributed by atoms with Gasteiger partial charge in [0, 0.05) is 37.7 Å². The molecule has 0 amide bonds. The van der Waals surface area contributed by atoms with E-state index in [1.807, 2.05) is 19.2 Å². The zero-order chi connectivity index (χ0) is 16.4.